The molecule has 3 nitrogen and oxygen atoms in total. The highest BCUT2D eigenvalue weighted by molar-refractivity contribution is 7.92. The predicted octanol–water partition coefficient (Wildman–Crippen LogP) is 5.40. The molecular formula is C23H20ClNO2S. The van der Waals surface area contributed by atoms with Crippen LogP contribution in [-0.2, 0) is 22.9 Å². The molecule has 142 valence electrons. The smallest absolute Gasteiger partial charge is 0.229 e. The minimum Gasteiger partial charge on any atom is -0.284 e. The van der Waals surface area contributed by atoms with Gasteiger partial charge in [0.25, 0.3) is 0 Å². The lowest BCUT2D eigenvalue weighted by atomic mass is 9.92. The number of aryl methyl sites for hydroxylation is 2. The van der Waals surface area contributed by atoms with E-state index in [1.165, 1.54) is 16.7 Å². The monoisotopic (exact) mass is 409 g/mol. The van der Waals surface area contributed by atoms with Crippen molar-refractivity contribution < 1.29 is 8.42 Å². The van der Waals surface area contributed by atoms with Crippen LogP contribution in [0.15, 0.2) is 66.7 Å². The first-order valence-electron chi connectivity index (χ1n) is 9.06. The van der Waals surface area contributed by atoms with E-state index in [9.17, 15) is 8.42 Å². The highest BCUT2D eigenvalue weighted by Crippen LogP contribution is 2.36. The molecule has 1 N–H and O–H groups in total. The van der Waals surface area contributed by atoms with Crippen LogP contribution in [0, 0.1) is 0 Å². The molecule has 0 radical (unpaired) electrons. The first kappa shape index (κ1) is 18.8. The summed E-state index contributed by atoms with van der Waals surface area (Å²) in [6.07, 6.45) is 5.18. The molecule has 0 saturated heterocycles. The fraction of sp³-hybridized carbons (Fsp3) is 0.130. The van der Waals surface area contributed by atoms with Crippen molar-refractivity contribution in [3.05, 3.63) is 99.6 Å². The maximum absolute atomic E-state index is 11.6. The molecule has 0 fully saturated rings. The average molecular weight is 410 g/mol. The third-order valence-electron chi connectivity index (χ3n) is 4.83. The molecule has 0 bridgehead atoms. The molecule has 0 amide bonds. The standard InChI is InChI=1S/C23H20ClNO2S/c1-28(26,27)25-20-7-4-5-16(13-20)14-23-21-8-3-2-6-17(21)9-10-18-11-12-19(24)15-22(18)23/h2-8,11-15,25H,9-10H2,1H3/b23-14+. The Kier molecular flexibility index (Phi) is 5.00. The molecule has 0 spiro atoms. The Morgan fingerprint density at radius 2 is 1.64 bits per heavy atom. The summed E-state index contributed by atoms with van der Waals surface area (Å²) >= 11 is 6.32. The molecule has 5 heteroatoms. The molecule has 0 unspecified atom stereocenters. The average Bonchev–Trinajstić information content (AvgIpc) is 2.78. The van der Waals surface area contributed by atoms with Gasteiger partial charge in [-0.25, -0.2) is 8.42 Å². The topological polar surface area (TPSA) is 46.2 Å². The van der Waals surface area contributed by atoms with E-state index >= 15 is 0 Å². The summed E-state index contributed by atoms with van der Waals surface area (Å²) in [6.45, 7) is 0. The number of rotatable bonds is 3. The van der Waals surface area contributed by atoms with Gasteiger partial charge in [-0.1, -0.05) is 54.1 Å². The van der Waals surface area contributed by atoms with Crippen molar-refractivity contribution in [3.63, 3.8) is 0 Å². The highest BCUT2D eigenvalue weighted by Gasteiger charge is 2.18. The van der Waals surface area contributed by atoms with Crippen LogP contribution < -0.4 is 4.72 Å². The summed E-state index contributed by atoms with van der Waals surface area (Å²) in [7, 11) is -3.32. The maximum atomic E-state index is 11.6. The number of anilines is 1. The Hall–Kier alpha value is -2.56. The second kappa shape index (κ2) is 7.46. The summed E-state index contributed by atoms with van der Waals surface area (Å²) in [5.41, 5.74) is 7.44. The minimum atomic E-state index is -3.32. The van der Waals surface area contributed by atoms with Crippen LogP contribution in [0.2, 0.25) is 5.02 Å². The lowest BCUT2D eigenvalue weighted by Crippen LogP contribution is -2.09. The largest absolute Gasteiger partial charge is 0.284 e. The zero-order chi connectivity index (χ0) is 19.7. The van der Waals surface area contributed by atoms with Gasteiger partial charge in [-0.05, 0) is 76.6 Å². The predicted molar refractivity (Wildman–Crippen MR) is 117 cm³/mol. The normalized spacial score (nSPS) is 14.9. The van der Waals surface area contributed by atoms with E-state index in [0.717, 1.165) is 35.8 Å². The van der Waals surface area contributed by atoms with Crippen LogP contribution in [0.3, 0.4) is 0 Å². The third kappa shape index (κ3) is 4.13. The Morgan fingerprint density at radius 3 is 2.43 bits per heavy atom. The van der Waals surface area contributed by atoms with Crippen LogP contribution in [0.1, 0.15) is 27.8 Å². The van der Waals surface area contributed by atoms with Gasteiger partial charge in [0.05, 0.1) is 6.26 Å². The first-order valence-corrected chi connectivity index (χ1v) is 11.3. The fourth-order valence-electron chi connectivity index (χ4n) is 3.66. The first-order chi connectivity index (χ1) is 13.4. The van der Waals surface area contributed by atoms with Gasteiger partial charge in [0.2, 0.25) is 10.0 Å². The van der Waals surface area contributed by atoms with Crippen LogP contribution in [-0.4, -0.2) is 14.7 Å². The summed E-state index contributed by atoms with van der Waals surface area (Å²) in [6, 6.07) is 21.9. The van der Waals surface area contributed by atoms with Crippen LogP contribution in [0.25, 0.3) is 11.6 Å². The van der Waals surface area contributed by atoms with Gasteiger partial charge < -0.3 is 0 Å². The van der Waals surface area contributed by atoms with Crippen molar-refractivity contribution in [2.75, 3.05) is 11.0 Å². The molecule has 0 aliphatic heterocycles. The molecule has 3 aromatic rings. The van der Waals surface area contributed by atoms with Crippen molar-refractivity contribution in [2.45, 2.75) is 12.8 Å². The van der Waals surface area contributed by atoms with Crippen LogP contribution in [0.5, 0.6) is 0 Å². The second-order valence-corrected chi connectivity index (χ2v) is 9.20. The number of hydrogen-bond acceptors (Lipinski definition) is 2. The maximum Gasteiger partial charge on any atom is 0.229 e. The molecule has 0 atom stereocenters. The lowest BCUT2D eigenvalue weighted by molar-refractivity contribution is 0.607. The number of halogens is 1. The van der Waals surface area contributed by atoms with Gasteiger partial charge in [-0.3, -0.25) is 4.72 Å². The van der Waals surface area contributed by atoms with Crippen molar-refractivity contribution in [3.8, 4) is 0 Å². The molecule has 0 saturated carbocycles. The number of nitrogens with one attached hydrogen (secondary N) is 1. The lowest BCUT2D eigenvalue weighted by Gasteiger charge is -2.13. The molecule has 4 rings (SSSR count). The Bertz CT molecular complexity index is 1180. The van der Waals surface area contributed by atoms with Gasteiger partial charge in [-0.2, -0.15) is 0 Å². The number of sulfonamides is 1. The van der Waals surface area contributed by atoms with Crippen LogP contribution in [0.4, 0.5) is 5.69 Å². The molecule has 1 aliphatic rings. The van der Waals surface area contributed by atoms with E-state index in [2.05, 4.69) is 35.1 Å². The van der Waals surface area contributed by atoms with E-state index in [1.807, 2.05) is 36.4 Å². The third-order valence-corrected chi connectivity index (χ3v) is 5.68. The molecule has 1 aliphatic carbocycles. The molecule has 0 aromatic heterocycles. The minimum absolute atomic E-state index is 0.546. The van der Waals surface area contributed by atoms with E-state index in [1.54, 1.807) is 6.07 Å². The van der Waals surface area contributed by atoms with Gasteiger partial charge in [0.15, 0.2) is 0 Å². The van der Waals surface area contributed by atoms with E-state index in [4.69, 9.17) is 11.6 Å². The van der Waals surface area contributed by atoms with Crippen molar-refractivity contribution >= 4 is 39.0 Å². The van der Waals surface area contributed by atoms with Gasteiger partial charge in [0, 0.05) is 10.7 Å². The van der Waals surface area contributed by atoms with E-state index < -0.39 is 10.0 Å². The summed E-state index contributed by atoms with van der Waals surface area (Å²) in [4.78, 5) is 0. The fourth-order valence-corrected chi connectivity index (χ4v) is 4.39. The zero-order valence-corrected chi connectivity index (χ0v) is 17.0. The Labute approximate surface area is 170 Å². The number of hydrogen-bond donors (Lipinski definition) is 1. The molecular weight excluding hydrogens is 390 g/mol. The molecule has 28 heavy (non-hydrogen) atoms. The summed E-state index contributed by atoms with van der Waals surface area (Å²) in [5, 5.41) is 0.705. The second-order valence-electron chi connectivity index (χ2n) is 7.02. The molecule has 3 aromatic carbocycles. The summed E-state index contributed by atoms with van der Waals surface area (Å²) < 4.78 is 25.7. The van der Waals surface area contributed by atoms with Gasteiger partial charge in [0.1, 0.15) is 0 Å². The van der Waals surface area contributed by atoms with Crippen molar-refractivity contribution in [2.24, 2.45) is 0 Å². The Morgan fingerprint density at radius 1 is 0.893 bits per heavy atom. The summed E-state index contributed by atoms with van der Waals surface area (Å²) in [5.74, 6) is 0. The van der Waals surface area contributed by atoms with E-state index in [0.29, 0.717) is 10.7 Å². The Balaban J connectivity index is 1.89. The SMILES string of the molecule is CS(=O)(=O)Nc1cccc(/C=C2\c3ccccc3CCc3ccc(Cl)cc32)c1. The molecule has 0 heterocycles. The van der Waals surface area contributed by atoms with Crippen LogP contribution >= 0.6 is 11.6 Å². The van der Waals surface area contributed by atoms with Crippen molar-refractivity contribution in [1.82, 2.24) is 0 Å². The van der Waals surface area contributed by atoms with Gasteiger partial charge in [-0.15, -0.1) is 0 Å². The zero-order valence-electron chi connectivity index (χ0n) is 15.4. The van der Waals surface area contributed by atoms with E-state index in [-0.39, 0.29) is 0 Å². The number of benzene rings is 3. The quantitative estimate of drug-likeness (QED) is 0.629. The van der Waals surface area contributed by atoms with Gasteiger partial charge >= 0.3 is 0 Å². The highest BCUT2D eigenvalue weighted by atomic mass is 35.5. The number of fused-ring (bicyclic) bond motifs is 2. The van der Waals surface area contributed by atoms with Crippen molar-refractivity contribution in [1.29, 1.82) is 0 Å².